The van der Waals surface area contributed by atoms with Crippen LogP contribution < -0.4 is 10.2 Å². The summed E-state index contributed by atoms with van der Waals surface area (Å²) in [5.41, 5.74) is 4.83. The van der Waals surface area contributed by atoms with E-state index in [-0.39, 0.29) is 11.4 Å². The number of hydroxylamine groups is 1. The van der Waals surface area contributed by atoms with E-state index in [1.807, 2.05) is 44.2 Å². The zero-order valence-corrected chi connectivity index (χ0v) is 16.1. The van der Waals surface area contributed by atoms with Crippen molar-refractivity contribution < 1.29 is 14.4 Å². The number of carbonyl (C=O) groups excluding carboxylic acids is 1. The first-order valence-electron chi connectivity index (χ1n) is 8.24. The molecule has 0 bridgehead atoms. The van der Waals surface area contributed by atoms with E-state index in [0.29, 0.717) is 18.0 Å². The van der Waals surface area contributed by atoms with Crippen LogP contribution in [0.1, 0.15) is 42.5 Å². The molecule has 1 aromatic carbocycles. The molecule has 0 radical (unpaired) electrons. The molecule has 1 aromatic heterocycles. The summed E-state index contributed by atoms with van der Waals surface area (Å²) in [4.78, 5) is 17.4. The largest absolute Gasteiger partial charge is 0.497 e. The number of Topliss-reactive ketones (excluding diaryl/α,β-unsaturated/α-hetero) is 1. The molecule has 0 saturated heterocycles. The Labute approximate surface area is 156 Å². The normalized spacial score (nSPS) is 15.5. The van der Waals surface area contributed by atoms with E-state index >= 15 is 0 Å². The fourth-order valence-electron chi connectivity index (χ4n) is 2.55. The molecule has 0 fully saturated rings. The van der Waals surface area contributed by atoms with Crippen molar-refractivity contribution >= 4 is 17.5 Å². The Morgan fingerprint density at radius 1 is 1.35 bits per heavy atom. The molecule has 3 rings (SSSR count). The molecule has 2 heterocycles. The lowest BCUT2D eigenvalue weighted by Gasteiger charge is -2.11. The van der Waals surface area contributed by atoms with E-state index in [4.69, 9.17) is 9.57 Å². The monoisotopic (exact) mass is 374 g/mol. The number of carbonyl (C=O) groups is 1. The van der Waals surface area contributed by atoms with Crippen molar-refractivity contribution in [2.45, 2.75) is 38.7 Å². The predicted octanol–water partition coefficient (Wildman–Crippen LogP) is 2.93. The van der Waals surface area contributed by atoms with Gasteiger partial charge in [0.05, 0.1) is 24.4 Å². The summed E-state index contributed by atoms with van der Waals surface area (Å²) in [7, 11) is 1.64. The minimum Gasteiger partial charge on any atom is -0.497 e. The second-order valence-corrected chi connectivity index (χ2v) is 7.57. The summed E-state index contributed by atoms with van der Waals surface area (Å²) in [6, 6.07) is 7.75. The third kappa shape index (κ3) is 4.25. The number of aromatic nitrogens is 3. The highest BCUT2D eigenvalue weighted by molar-refractivity contribution is 8.02. The van der Waals surface area contributed by atoms with Crippen LogP contribution in [0.25, 0.3) is 0 Å². The Kier molecular flexibility index (Phi) is 5.33. The maximum Gasteiger partial charge on any atom is 0.181 e. The standard InChI is InChI=1S/C18H22N4O3S/c1-12(23)17-15(11-26-16-9-18(2,3)25-20-16)22(21-19-17)10-13-5-7-14(24-4)8-6-13/h5-9,20H,10-11H2,1-4H3. The minimum absolute atomic E-state index is 0.0912. The molecule has 26 heavy (non-hydrogen) atoms. The van der Waals surface area contributed by atoms with Crippen molar-refractivity contribution in [2.75, 3.05) is 7.11 Å². The average Bonchev–Trinajstić information content (AvgIpc) is 3.16. The molecule has 7 nitrogen and oxygen atoms in total. The first-order chi connectivity index (χ1) is 12.4. The number of nitrogens with one attached hydrogen (secondary N) is 1. The number of thioether (sulfide) groups is 1. The molecular weight excluding hydrogens is 352 g/mol. The zero-order valence-electron chi connectivity index (χ0n) is 15.3. The first kappa shape index (κ1) is 18.5. The summed E-state index contributed by atoms with van der Waals surface area (Å²) < 4.78 is 6.95. The Morgan fingerprint density at radius 3 is 2.65 bits per heavy atom. The Hall–Kier alpha value is -2.32. The highest BCUT2D eigenvalue weighted by Gasteiger charge is 2.25. The maximum absolute atomic E-state index is 11.9. The highest BCUT2D eigenvalue weighted by Crippen LogP contribution is 2.29. The SMILES string of the molecule is COc1ccc(Cn2nnc(C(C)=O)c2CSC2=CC(C)(C)ON2)cc1. The van der Waals surface area contributed by atoms with E-state index in [9.17, 15) is 4.79 Å². The molecule has 0 saturated carbocycles. The number of benzene rings is 1. The van der Waals surface area contributed by atoms with Crippen molar-refractivity contribution in [3.05, 3.63) is 52.3 Å². The lowest BCUT2D eigenvalue weighted by Crippen LogP contribution is -2.20. The van der Waals surface area contributed by atoms with Gasteiger partial charge in [0.2, 0.25) is 0 Å². The van der Waals surface area contributed by atoms with E-state index in [2.05, 4.69) is 15.8 Å². The van der Waals surface area contributed by atoms with Crippen LogP contribution in [0, 0.1) is 0 Å². The lowest BCUT2D eigenvalue weighted by atomic mass is 10.1. The van der Waals surface area contributed by atoms with Gasteiger partial charge < -0.3 is 4.74 Å². The van der Waals surface area contributed by atoms with Crippen molar-refractivity contribution in [3.8, 4) is 5.75 Å². The lowest BCUT2D eigenvalue weighted by molar-refractivity contribution is -0.0126. The molecular formula is C18H22N4O3S. The molecule has 2 aromatic rings. The molecule has 0 atom stereocenters. The second kappa shape index (κ2) is 7.51. The third-order valence-corrected chi connectivity index (χ3v) is 4.85. The molecule has 0 aliphatic carbocycles. The van der Waals surface area contributed by atoms with Gasteiger partial charge in [-0.05, 0) is 37.6 Å². The van der Waals surface area contributed by atoms with Crippen LogP contribution in [0.5, 0.6) is 5.75 Å². The third-order valence-electron chi connectivity index (χ3n) is 3.92. The number of nitrogens with zero attached hydrogens (tertiary/aromatic N) is 3. The second-order valence-electron chi connectivity index (χ2n) is 6.55. The number of ketones is 1. The smallest absolute Gasteiger partial charge is 0.181 e. The molecule has 1 aliphatic heterocycles. The predicted molar refractivity (Wildman–Crippen MR) is 99.8 cm³/mol. The van der Waals surface area contributed by atoms with Gasteiger partial charge in [0.1, 0.15) is 11.4 Å². The fraction of sp³-hybridized carbons (Fsp3) is 0.389. The number of ether oxygens (including phenoxy) is 1. The van der Waals surface area contributed by atoms with Gasteiger partial charge in [-0.25, -0.2) is 4.68 Å². The quantitative estimate of drug-likeness (QED) is 0.747. The minimum atomic E-state index is -0.340. The van der Waals surface area contributed by atoms with Gasteiger partial charge in [-0.3, -0.25) is 15.1 Å². The molecule has 1 aliphatic rings. The Morgan fingerprint density at radius 2 is 2.08 bits per heavy atom. The van der Waals surface area contributed by atoms with Gasteiger partial charge in [-0.2, -0.15) is 0 Å². The zero-order chi connectivity index (χ0) is 18.7. The van der Waals surface area contributed by atoms with Crippen molar-refractivity contribution in [2.24, 2.45) is 0 Å². The molecule has 0 spiro atoms. The van der Waals surface area contributed by atoms with Crippen LogP contribution in [0.4, 0.5) is 0 Å². The average molecular weight is 374 g/mol. The van der Waals surface area contributed by atoms with Gasteiger partial charge in [-0.15, -0.1) is 16.9 Å². The number of hydrogen-bond donors (Lipinski definition) is 1. The van der Waals surface area contributed by atoms with Crippen molar-refractivity contribution in [3.63, 3.8) is 0 Å². The molecule has 1 N–H and O–H groups in total. The number of methoxy groups -OCH3 is 1. The molecule has 138 valence electrons. The number of rotatable bonds is 7. The van der Waals surface area contributed by atoms with Crippen molar-refractivity contribution in [1.29, 1.82) is 0 Å². The highest BCUT2D eigenvalue weighted by atomic mass is 32.2. The van der Waals surface area contributed by atoms with Crippen LogP contribution in [0.3, 0.4) is 0 Å². The number of hydrogen-bond acceptors (Lipinski definition) is 7. The van der Waals surface area contributed by atoms with Gasteiger partial charge in [0, 0.05) is 12.7 Å². The van der Waals surface area contributed by atoms with E-state index in [1.54, 1.807) is 23.6 Å². The summed E-state index contributed by atoms with van der Waals surface area (Å²) >= 11 is 1.56. The Balaban J connectivity index is 1.78. The summed E-state index contributed by atoms with van der Waals surface area (Å²) in [5, 5.41) is 9.17. The van der Waals surface area contributed by atoms with Crippen LogP contribution >= 0.6 is 11.8 Å². The fourth-order valence-corrected chi connectivity index (χ4v) is 3.60. The van der Waals surface area contributed by atoms with E-state index in [0.717, 1.165) is 22.0 Å². The van der Waals surface area contributed by atoms with Crippen LogP contribution in [0.2, 0.25) is 0 Å². The van der Waals surface area contributed by atoms with Gasteiger partial charge in [0.15, 0.2) is 11.5 Å². The first-order valence-corrected chi connectivity index (χ1v) is 9.22. The van der Waals surface area contributed by atoms with Gasteiger partial charge in [-0.1, -0.05) is 17.3 Å². The van der Waals surface area contributed by atoms with Crippen LogP contribution in [-0.2, 0) is 17.1 Å². The summed E-state index contributed by atoms with van der Waals surface area (Å²) in [6.45, 7) is 6.00. The van der Waals surface area contributed by atoms with Crippen LogP contribution in [-0.4, -0.2) is 33.5 Å². The summed E-state index contributed by atoms with van der Waals surface area (Å²) in [6.07, 6.45) is 2.02. The maximum atomic E-state index is 11.9. The van der Waals surface area contributed by atoms with E-state index < -0.39 is 0 Å². The van der Waals surface area contributed by atoms with Crippen molar-refractivity contribution in [1.82, 2.24) is 20.5 Å². The molecule has 0 amide bonds. The molecule has 8 heteroatoms. The Bertz CT molecular complexity index is 827. The topological polar surface area (TPSA) is 78.3 Å². The van der Waals surface area contributed by atoms with E-state index in [1.165, 1.54) is 6.92 Å². The van der Waals surface area contributed by atoms with Gasteiger partial charge in [0.25, 0.3) is 0 Å². The van der Waals surface area contributed by atoms with Gasteiger partial charge >= 0.3 is 0 Å². The molecule has 0 unspecified atom stereocenters. The van der Waals surface area contributed by atoms with Crippen LogP contribution in [0.15, 0.2) is 35.4 Å². The summed E-state index contributed by atoms with van der Waals surface area (Å²) in [5.74, 6) is 1.28.